The van der Waals surface area contributed by atoms with E-state index in [4.69, 9.17) is 18.9 Å². The first kappa shape index (κ1) is 23.5. The van der Waals surface area contributed by atoms with E-state index in [-0.39, 0.29) is 39.3 Å². The molecule has 0 heterocycles. The van der Waals surface area contributed by atoms with Crippen LogP contribution in [0.1, 0.15) is 29.8 Å². The van der Waals surface area contributed by atoms with Crippen LogP contribution in [0.4, 0.5) is 0 Å². The third-order valence-electron chi connectivity index (χ3n) is 3.80. The molecule has 0 fully saturated rings. The van der Waals surface area contributed by atoms with Gasteiger partial charge < -0.3 is 18.9 Å². The number of carbonyl (C=O) groups is 1. The summed E-state index contributed by atoms with van der Waals surface area (Å²) in [5, 5.41) is 0.958. The number of carbonyl (C=O) groups excluding carboxylic acids is 1. The summed E-state index contributed by atoms with van der Waals surface area (Å²) in [5.74, 6) is 1.76. The predicted octanol–water partition coefficient (Wildman–Crippen LogP) is 3.54. The maximum absolute atomic E-state index is 12.9. The standard InChI is InChI=1S/C20H25O5P.Li/c1-6-24-14(3)25-15-10-11-18(13(2)12-15)26-20(21)19-16(22-4)8-7-9-17(19)23-5;/h7-12,14,26H,6H2,1-5H3;. The van der Waals surface area contributed by atoms with Gasteiger partial charge in [-0.15, -0.1) is 0 Å². The van der Waals surface area contributed by atoms with Gasteiger partial charge in [-0.3, -0.25) is 4.79 Å². The van der Waals surface area contributed by atoms with E-state index >= 15 is 0 Å². The molecule has 2 unspecified atom stereocenters. The monoisotopic (exact) mass is 383 g/mol. The van der Waals surface area contributed by atoms with Crippen LogP contribution in [-0.4, -0.2) is 51.5 Å². The molecule has 0 aliphatic rings. The molecule has 0 saturated heterocycles. The van der Waals surface area contributed by atoms with Gasteiger partial charge in [-0.2, -0.15) is 0 Å². The van der Waals surface area contributed by atoms with E-state index < -0.39 is 0 Å². The Morgan fingerprint density at radius 1 is 1.11 bits per heavy atom. The molecule has 0 aromatic heterocycles. The molecule has 141 valence electrons. The normalized spacial score (nSPS) is 11.7. The minimum atomic E-state index is -0.313. The molecule has 2 aromatic carbocycles. The molecular weight excluding hydrogens is 358 g/mol. The number of methoxy groups -OCH3 is 2. The van der Waals surface area contributed by atoms with Gasteiger partial charge in [-0.05, 0) is 64.5 Å². The number of ether oxygens (including phenoxy) is 4. The molecule has 2 rings (SSSR count). The van der Waals surface area contributed by atoms with Crippen molar-refractivity contribution in [3.63, 3.8) is 0 Å². The van der Waals surface area contributed by atoms with E-state index in [1.54, 1.807) is 32.4 Å². The van der Waals surface area contributed by atoms with E-state index in [1.165, 1.54) is 0 Å². The zero-order chi connectivity index (χ0) is 19.1. The van der Waals surface area contributed by atoms with E-state index in [0.717, 1.165) is 16.6 Å². The average molecular weight is 383 g/mol. The van der Waals surface area contributed by atoms with Gasteiger partial charge in [0, 0.05) is 25.5 Å². The summed E-state index contributed by atoms with van der Waals surface area (Å²) < 4.78 is 21.8. The van der Waals surface area contributed by atoms with Crippen LogP contribution in [0.2, 0.25) is 0 Å². The van der Waals surface area contributed by atoms with E-state index in [9.17, 15) is 4.79 Å². The third-order valence-corrected chi connectivity index (χ3v) is 5.11. The van der Waals surface area contributed by atoms with Crippen molar-refractivity contribution in [2.45, 2.75) is 27.1 Å². The Morgan fingerprint density at radius 2 is 1.74 bits per heavy atom. The van der Waals surface area contributed by atoms with Crippen LogP contribution < -0.4 is 19.5 Å². The van der Waals surface area contributed by atoms with Crippen LogP contribution in [-0.2, 0) is 4.74 Å². The fourth-order valence-electron chi connectivity index (χ4n) is 2.57. The second-order valence-electron chi connectivity index (χ2n) is 5.61. The number of hydrogen-bond acceptors (Lipinski definition) is 5. The smallest absolute Gasteiger partial charge is 0.196 e. The van der Waals surface area contributed by atoms with Gasteiger partial charge in [0.25, 0.3) is 0 Å². The maximum Gasteiger partial charge on any atom is 0.196 e. The maximum atomic E-state index is 12.9. The van der Waals surface area contributed by atoms with Crippen LogP contribution in [0.3, 0.4) is 0 Å². The SMILES string of the molecule is CCOC(C)Oc1ccc(PC(=O)c2c(OC)cccc2OC)c(C)c1.[Li]. The molecule has 0 bridgehead atoms. The summed E-state index contributed by atoms with van der Waals surface area (Å²) in [6.45, 7) is 6.33. The molecule has 2 aromatic rings. The molecule has 0 saturated carbocycles. The fraction of sp³-hybridized carbons (Fsp3) is 0.350. The summed E-state index contributed by atoms with van der Waals surface area (Å²) in [5.41, 5.74) is 1.44. The van der Waals surface area contributed by atoms with Crippen molar-refractivity contribution in [1.82, 2.24) is 0 Å². The van der Waals surface area contributed by atoms with Gasteiger partial charge in [-0.25, -0.2) is 0 Å². The molecular formula is C20H25LiO5P. The van der Waals surface area contributed by atoms with Crippen LogP contribution in [0.15, 0.2) is 36.4 Å². The fourth-order valence-corrected chi connectivity index (χ4v) is 3.62. The van der Waals surface area contributed by atoms with Gasteiger partial charge in [0.1, 0.15) is 22.8 Å². The van der Waals surface area contributed by atoms with Crippen molar-refractivity contribution in [1.29, 1.82) is 0 Å². The summed E-state index contributed by atoms with van der Waals surface area (Å²) in [6.07, 6.45) is -0.313. The predicted molar refractivity (Wildman–Crippen MR) is 110 cm³/mol. The molecule has 5 nitrogen and oxygen atoms in total. The third kappa shape index (κ3) is 6.26. The Bertz CT molecular complexity index is 744. The van der Waals surface area contributed by atoms with Crippen LogP contribution in [0, 0.1) is 6.92 Å². The summed E-state index contributed by atoms with van der Waals surface area (Å²) in [6, 6.07) is 11.0. The van der Waals surface area contributed by atoms with Crippen LogP contribution >= 0.6 is 8.58 Å². The van der Waals surface area contributed by atoms with E-state index in [0.29, 0.717) is 23.7 Å². The quantitative estimate of drug-likeness (QED) is 0.377. The minimum Gasteiger partial charge on any atom is -0.496 e. The van der Waals surface area contributed by atoms with Gasteiger partial charge >= 0.3 is 0 Å². The number of aryl methyl sites for hydroxylation is 1. The summed E-state index contributed by atoms with van der Waals surface area (Å²) >= 11 is 0. The Morgan fingerprint density at radius 3 is 2.26 bits per heavy atom. The summed E-state index contributed by atoms with van der Waals surface area (Å²) in [7, 11) is 3.05. The molecule has 1 radical (unpaired) electrons. The molecule has 7 heteroatoms. The second kappa shape index (κ2) is 11.4. The number of rotatable bonds is 9. The van der Waals surface area contributed by atoms with Crippen molar-refractivity contribution in [3.8, 4) is 17.2 Å². The molecule has 0 aliphatic heterocycles. The van der Waals surface area contributed by atoms with Crippen molar-refractivity contribution in [2.75, 3.05) is 20.8 Å². The molecule has 2 atom stereocenters. The topological polar surface area (TPSA) is 54.0 Å². The van der Waals surface area contributed by atoms with Gasteiger partial charge in [-0.1, -0.05) is 12.1 Å². The number of hydrogen-bond donors (Lipinski definition) is 0. The van der Waals surface area contributed by atoms with Gasteiger partial charge in [0.2, 0.25) is 0 Å². The average Bonchev–Trinajstić information content (AvgIpc) is 2.63. The Kier molecular flexibility index (Phi) is 9.91. The Balaban J connectivity index is 0.00000364. The first-order valence-corrected chi connectivity index (χ1v) is 9.41. The molecule has 0 amide bonds. The van der Waals surface area contributed by atoms with Crippen molar-refractivity contribution < 1.29 is 23.7 Å². The van der Waals surface area contributed by atoms with Crippen molar-refractivity contribution in [2.24, 2.45) is 0 Å². The molecule has 0 N–H and O–H groups in total. The van der Waals surface area contributed by atoms with Crippen LogP contribution in [0.5, 0.6) is 17.2 Å². The van der Waals surface area contributed by atoms with Crippen molar-refractivity contribution >= 4 is 38.3 Å². The van der Waals surface area contributed by atoms with E-state index in [2.05, 4.69) is 0 Å². The molecule has 27 heavy (non-hydrogen) atoms. The first-order chi connectivity index (χ1) is 12.5. The largest absolute Gasteiger partial charge is 0.496 e. The number of benzene rings is 2. The zero-order valence-electron chi connectivity index (χ0n) is 16.8. The Labute approximate surface area is 174 Å². The molecule has 0 aliphatic carbocycles. The molecule has 0 spiro atoms. The zero-order valence-corrected chi connectivity index (χ0v) is 17.8. The summed E-state index contributed by atoms with van der Waals surface area (Å²) in [4.78, 5) is 12.9. The van der Waals surface area contributed by atoms with Gasteiger partial charge in [0.15, 0.2) is 11.8 Å². The van der Waals surface area contributed by atoms with E-state index in [1.807, 2.05) is 39.0 Å². The Hall–Kier alpha value is -1.50. The second-order valence-corrected chi connectivity index (χ2v) is 6.85. The first-order valence-electron chi connectivity index (χ1n) is 8.41. The minimum absolute atomic E-state index is 0. The van der Waals surface area contributed by atoms with Crippen LogP contribution in [0.25, 0.3) is 0 Å². The van der Waals surface area contributed by atoms with Crippen molar-refractivity contribution in [3.05, 3.63) is 47.5 Å². The van der Waals surface area contributed by atoms with Gasteiger partial charge in [0.05, 0.1) is 14.2 Å².